The second-order valence-corrected chi connectivity index (χ2v) is 4.06. The van der Waals surface area contributed by atoms with Crippen LogP contribution < -0.4 is 0 Å². The average molecular weight is 168 g/mol. The first-order valence-corrected chi connectivity index (χ1v) is 5.28. The maximum absolute atomic E-state index is 11.6. The van der Waals surface area contributed by atoms with Gasteiger partial charge in [0.15, 0.2) is 0 Å². The molecule has 0 aromatic heterocycles. The zero-order valence-corrected chi connectivity index (χ0v) is 8.31. The third kappa shape index (κ3) is 2.33. The Labute approximate surface area is 75.5 Å². The molecule has 12 heavy (non-hydrogen) atoms. The predicted octanol–water partition coefficient (Wildman–Crippen LogP) is 3.18. The van der Waals surface area contributed by atoms with Gasteiger partial charge in [-0.25, -0.2) is 0 Å². The molecular formula is C11H20O. The van der Waals surface area contributed by atoms with E-state index in [9.17, 15) is 4.79 Å². The maximum Gasteiger partial charge on any atom is 0.136 e. The zero-order valence-electron chi connectivity index (χ0n) is 8.31. The van der Waals surface area contributed by atoms with Crippen LogP contribution in [0.2, 0.25) is 0 Å². The van der Waals surface area contributed by atoms with E-state index in [1.54, 1.807) is 0 Å². The van der Waals surface area contributed by atoms with Gasteiger partial charge in [0.05, 0.1) is 0 Å². The van der Waals surface area contributed by atoms with E-state index in [1.807, 2.05) is 0 Å². The van der Waals surface area contributed by atoms with Crippen LogP contribution in [-0.2, 0) is 4.79 Å². The molecule has 0 saturated heterocycles. The van der Waals surface area contributed by atoms with E-state index in [4.69, 9.17) is 0 Å². The average Bonchev–Trinajstić information content (AvgIpc) is 2.28. The van der Waals surface area contributed by atoms with E-state index in [1.165, 1.54) is 12.8 Å². The van der Waals surface area contributed by atoms with E-state index in [-0.39, 0.29) is 0 Å². The fraction of sp³-hybridized carbons (Fsp3) is 0.909. The Morgan fingerprint density at radius 2 is 2.17 bits per heavy atom. The highest BCUT2D eigenvalue weighted by molar-refractivity contribution is 5.81. The second-order valence-electron chi connectivity index (χ2n) is 4.06. The number of hydrogen-bond acceptors (Lipinski definition) is 1. The summed E-state index contributed by atoms with van der Waals surface area (Å²) in [7, 11) is 0. The van der Waals surface area contributed by atoms with Gasteiger partial charge >= 0.3 is 0 Å². The van der Waals surface area contributed by atoms with Gasteiger partial charge < -0.3 is 0 Å². The molecule has 2 atom stereocenters. The zero-order chi connectivity index (χ0) is 8.97. The van der Waals surface area contributed by atoms with Crippen LogP contribution in [0.4, 0.5) is 0 Å². The van der Waals surface area contributed by atoms with Gasteiger partial charge in [-0.3, -0.25) is 4.79 Å². The van der Waals surface area contributed by atoms with Gasteiger partial charge in [0.1, 0.15) is 5.78 Å². The summed E-state index contributed by atoms with van der Waals surface area (Å²) in [6.45, 7) is 4.40. The molecule has 1 aliphatic rings. The molecule has 2 unspecified atom stereocenters. The first-order valence-electron chi connectivity index (χ1n) is 5.28. The molecular weight excluding hydrogens is 148 g/mol. The lowest BCUT2D eigenvalue weighted by Gasteiger charge is -2.19. The van der Waals surface area contributed by atoms with Crippen LogP contribution in [0.25, 0.3) is 0 Å². The highest BCUT2D eigenvalue weighted by Crippen LogP contribution is 2.27. The summed E-state index contributed by atoms with van der Waals surface area (Å²) in [5.74, 6) is 1.52. The molecule has 0 heterocycles. The van der Waals surface area contributed by atoms with E-state index < -0.39 is 0 Å². The van der Waals surface area contributed by atoms with Crippen LogP contribution >= 0.6 is 0 Å². The molecule has 1 rings (SSSR count). The molecule has 0 spiro atoms. The lowest BCUT2D eigenvalue weighted by molar-refractivity contribution is -0.124. The van der Waals surface area contributed by atoms with Crippen molar-refractivity contribution in [3.8, 4) is 0 Å². The Hall–Kier alpha value is -0.330. The van der Waals surface area contributed by atoms with Gasteiger partial charge in [0, 0.05) is 12.3 Å². The Morgan fingerprint density at radius 3 is 2.83 bits per heavy atom. The number of rotatable bonds is 2. The molecule has 1 nitrogen and oxygen atoms in total. The van der Waals surface area contributed by atoms with Crippen molar-refractivity contribution in [1.29, 1.82) is 0 Å². The molecule has 0 amide bonds. The lowest BCUT2D eigenvalue weighted by atomic mass is 9.85. The minimum Gasteiger partial charge on any atom is -0.299 e. The Kier molecular flexibility index (Phi) is 3.77. The molecule has 0 bridgehead atoms. The molecule has 1 saturated carbocycles. The van der Waals surface area contributed by atoms with Crippen molar-refractivity contribution in [1.82, 2.24) is 0 Å². The summed E-state index contributed by atoms with van der Waals surface area (Å²) in [5.41, 5.74) is 0. The molecule has 70 valence electrons. The summed E-state index contributed by atoms with van der Waals surface area (Å²) >= 11 is 0. The highest BCUT2D eigenvalue weighted by Gasteiger charge is 2.24. The van der Waals surface area contributed by atoms with Gasteiger partial charge in [0.25, 0.3) is 0 Å². The topological polar surface area (TPSA) is 17.1 Å². The molecule has 0 radical (unpaired) electrons. The monoisotopic (exact) mass is 168 g/mol. The normalized spacial score (nSPS) is 28.2. The van der Waals surface area contributed by atoms with E-state index in [0.29, 0.717) is 17.6 Å². The summed E-state index contributed by atoms with van der Waals surface area (Å²) in [5, 5.41) is 0. The van der Waals surface area contributed by atoms with Gasteiger partial charge in [0.2, 0.25) is 0 Å². The van der Waals surface area contributed by atoms with Crippen LogP contribution in [0.5, 0.6) is 0 Å². The predicted molar refractivity (Wildman–Crippen MR) is 51.0 cm³/mol. The summed E-state index contributed by atoms with van der Waals surface area (Å²) in [4.78, 5) is 11.6. The van der Waals surface area contributed by atoms with Crippen molar-refractivity contribution < 1.29 is 4.79 Å². The highest BCUT2D eigenvalue weighted by atomic mass is 16.1. The number of ketones is 1. The number of hydrogen-bond donors (Lipinski definition) is 0. The van der Waals surface area contributed by atoms with Crippen molar-refractivity contribution in [2.45, 2.75) is 52.4 Å². The summed E-state index contributed by atoms with van der Waals surface area (Å²) < 4.78 is 0. The SMILES string of the molecule is CCC(C)C1CCCCCC1=O. The maximum atomic E-state index is 11.6. The van der Waals surface area contributed by atoms with Crippen molar-refractivity contribution in [2.24, 2.45) is 11.8 Å². The molecule has 0 aliphatic heterocycles. The molecule has 0 aromatic carbocycles. The summed E-state index contributed by atoms with van der Waals surface area (Å²) in [6.07, 6.45) is 6.80. The molecule has 1 heteroatoms. The smallest absolute Gasteiger partial charge is 0.136 e. The van der Waals surface area contributed by atoms with Crippen LogP contribution in [0.15, 0.2) is 0 Å². The Bertz CT molecular complexity index is 151. The number of Topliss-reactive ketones (excluding diaryl/α,β-unsaturated/α-hetero) is 1. The van der Waals surface area contributed by atoms with Gasteiger partial charge in [-0.15, -0.1) is 0 Å². The Balaban J connectivity index is 2.52. The van der Waals surface area contributed by atoms with Crippen molar-refractivity contribution >= 4 is 5.78 Å². The van der Waals surface area contributed by atoms with Crippen LogP contribution in [0.3, 0.4) is 0 Å². The standard InChI is InChI=1S/C11H20O/c1-3-9(2)10-7-5-4-6-8-11(10)12/h9-10H,3-8H2,1-2H3. The largest absolute Gasteiger partial charge is 0.299 e. The number of carbonyl (C=O) groups is 1. The fourth-order valence-electron chi connectivity index (χ4n) is 2.07. The van der Waals surface area contributed by atoms with E-state index in [0.717, 1.165) is 25.7 Å². The first-order chi connectivity index (χ1) is 5.75. The van der Waals surface area contributed by atoms with Crippen LogP contribution in [0, 0.1) is 11.8 Å². The van der Waals surface area contributed by atoms with Gasteiger partial charge in [-0.1, -0.05) is 33.1 Å². The van der Waals surface area contributed by atoms with Crippen LogP contribution in [-0.4, -0.2) is 5.78 Å². The van der Waals surface area contributed by atoms with E-state index >= 15 is 0 Å². The van der Waals surface area contributed by atoms with E-state index in [2.05, 4.69) is 13.8 Å². The van der Waals surface area contributed by atoms with Gasteiger partial charge in [-0.2, -0.15) is 0 Å². The van der Waals surface area contributed by atoms with Crippen molar-refractivity contribution in [2.75, 3.05) is 0 Å². The molecule has 1 fully saturated rings. The summed E-state index contributed by atoms with van der Waals surface area (Å²) in [6, 6.07) is 0. The van der Waals surface area contributed by atoms with Crippen molar-refractivity contribution in [3.05, 3.63) is 0 Å². The fourth-order valence-corrected chi connectivity index (χ4v) is 2.07. The minimum atomic E-state index is 0.387. The second kappa shape index (κ2) is 4.64. The van der Waals surface area contributed by atoms with Crippen LogP contribution in [0.1, 0.15) is 52.4 Å². The Morgan fingerprint density at radius 1 is 1.42 bits per heavy atom. The minimum absolute atomic E-state index is 0.387. The van der Waals surface area contributed by atoms with Gasteiger partial charge in [-0.05, 0) is 18.8 Å². The first kappa shape index (κ1) is 9.76. The van der Waals surface area contributed by atoms with Crippen molar-refractivity contribution in [3.63, 3.8) is 0 Å². The molecule has 0 N–H and O–H groups in total. The third-order valence-electron chi connectivity index (χ3n) is 3.18. The number of carbonyl (C=O) groups excluding carboxylic acids is 1. The third-order valence-corrected chi connectivity index (χ3v) is 3.18. The quantitative estimate of drug-likeness (QED) is 0.579. The molecule has 0 aromatic rings. The lowest BCUT2D eigenvalue weighted by Crippen LogP contribution is -2.19. The molecule has 1 aliphatic carbocycles.